The number of imidazole rings is 1. The van der Waals surface area contributed by atoms with Crippen LogP contribution in [0.25, 0.3) is 5.65 Å². The van der Waals surface area contributed by atoms with Crippen molar-refractivity contribution < 1.29 is 13.9 Å². The van der Waals surface area contributed by atoms with Crippen molar-refractivity contribution in [3.05, 3.63) is 78.3 Å². The number of carbonyl (C=O) groups is 1. The van der Waals surface area contributed by atoms with Crippen molar-refractivity contribution >= 4 is 11.4 Å². The van der Waals surface area contributed by atoms with Crippen LogP contribution < -0.4 is 4.74 Å². The van der Waals surface area contributed by atoms with E-state index in [0.29, 0.717) is 34.2 Å². The molecule has 134 valence electrons. The summed E-state index contributed by atoms with van der Waals surface area (Å²) in [5, 5.41) is 0. The number of ether oxygens (including phenoxy) is 1. The van der Waals surface area contributed by atoms with E-state index in [0.717, 1.165) is 6.20 Å². The van der Waals surface area contributed by atoms with Gasteiger partial charge in [-0.15, -0.1) is 0 Å². The molecule has 0 aromatic carbocycles. The third kappa shape index (κ3) is 3.64. The molecule has 0 fully saturated rings. The molecule has 4 aromatic rings. The molecular weight excluding hydrogens is 349 g/mol. The van der Waals surface area contributed by atoms with E-state index >= 15 is 0 Å². The highest BCUT2D eigenvalue weighted by molar-refractivity contribution is 6.02. The largest absolute Gasteiger partial charge is 0.453 e. The zero-order chi connectivity index (χ0) is 18.8. The molecule has 0 spiro atoms. The number of carbonyl (C=O) groups excluding carboxylic acids is 1. The summed E-state index contributed by atoms with van der Waals surface area (Å²) in [6.07, 6.45) is 9.27. The van der Waals surface area contributed by atoms with Gasteiger partial charge in [0.2, 0.25) is 0 Å². The van der Waals surface area contributed by atoms with Crippen LogP contribution in [0.2, 0.25) is 0 Å². The molecule has 0 bridgehead atoms. The zero-order valence-corrected chi connectivity index (χ0v) is 14.3. The summed E-state index contributed by atoms with van der Waals surface area (Å²) in [6.45, 7) is 1.78. The summed E-state index contributed by atoms with van der Waals surface area (Å²) >= 11 is 0. The Balaban J connectivity index is 1.66. The van der Waals surface area contributed by atoms with Gasteiger partial charge in [0.05, 0.1) is 36.8 Å². The van der Waals surface area contributed by atoms with Gasteiger partial charge in [0.15, 0.2) is 11.5 Å². The fourth-order valence-corrected chi connectivity index (χ4v) is 2.61. The zero-order valence-electron chi connectivity index (χ0n) is 14.3. The minimum atomic E-state index is -0.447. The molecular formula is C19H14FN5O2. The van der Waals surface area contributed by atoms with Gasteiger partial charge in [-0.1, -0.05) is 0 Å². The van der Waals surface area contributed by atoms with E-state index in [-0.39, 0.29) is 12.2 Å². The Hall–Kier alpha value is -3.68. The quantitative estimate of drug-likeness (QED) is 0.507. The number of pyridine rings is 2. The summed E-state index contributed by atoms with van der Waals surface area (Å²) in [6, 6.07) is 4.38. The molecule has 0 radical (unpaired) electrons. The number of hydrogen-bond acceptors (Lipinski definition) is 6. The van der Waals surface area contributed by atoms with Crippen LogP contribution in [0.15, 0.2) is 55.4 Å². The Morgan fingerprint density at radius 1 is 1.11 bits per heavy atom. The summed E-state index contributed by atoms with van der Waals surface area (Å²) < 4.78 is 20.5. The van der Waals surface area contributed by atoms with E-state index in [9.17, 15) is 9.18 Å². The molecule has 0 aliphatic carbocycles. The highest BCUT2D eigenvalue weighted by atomic mass is 19.1. The molecule has 0 amide bonds. The number of ketones is 1. The highest BCUT2D eigenvalue weighted by Gasteiger charge is 2.16. The maximum Gasteiger partial charge on any atom is 0.172 e. The second-order valence-corrected chi connectivity index (χ2v) is 5.88. The van der Waals surface area contributed by atoms with Crippen LogP contribution in [0.1, 0.15) is 21.9 Å². The number of aryl methyl sites for hydroxylation is 1. The van der Waals surface area contributed by atoms with Crippen molar-refractivity contribution in [3.63, 3.8) is 0 Å². The lowest BCUT2D eigenvalue weighted by molar-refractivity contribution is 0.0992. The van der Waals surface area contributed by atoms with Crippen molar-refractivity contribution in [1.29, 1.82) is 0 Å². The Kier molecular flexibility index (Phi) is 4.29. The Labute approximate surface area is 153 Å². The van der Waals surface area contributed by atoms with Gasteiger partial charge in [-0.3, -0.25) is 9.78 Å². The number of halogens is 1. The minimum Gasteiger partial charge on any atom is -0.453 e. The molecule has 0 unspecified atom stereocenters. The molecule has 0 saturated carbocycles. The average Bonchev–Trinajstić information content (AvgIpc) is 3.13. The second-order valence-electron chi connectivity index (χ2n) is 5.88. The molecule has 27 heavy (non-hydrogen) atoms. The smallest absolute Gasteiger partial charge is 0.172 e. The lowest BCUT2D eigenvalue weighted by atomic mass is 10.1. The third-order valence-corrected chi connectivity index (χ3v) is 3.89. The van der Waals surface area contributed by atoms with Gasteiger partial charge in [0.25, 0.3) is 0 Å². The van der Waals surface area contributed by atoms with E-state index in [2.05, 4.69) is 19.9 Å². The summed E-state index contributed by atoms with van der Waals surface area (Å²) in [5.41, 5.74) is 1.37. The molecule has 0 aliphatic heterocycles. The molecule has 4 rings (SSSR count). The predicted molar refractivity (Wildman–Crippen MR) is 94.3 cm³/mol. The molecule has 0 atom stereocenters. The van der Waals surface area contributed by atoms with Gasteiger partial charge >= 0.3 is 0 Å². The molecule has 0 saturated heterocycles. The molecule has 4 aromatic heterocycles. The topological polar surface area (TPSA) is 82.3 Å². The van der Waals surface area contributed by atoms with E-state index < -0.39 is 5.82 Å². The van der Waals surface area contributed by atoms with E-state index in [1.807, 2.05) is 0 Å². The summed E-state index contributed by atoms with van der Waals surface area (Å²) in [7, 11) is 0. The molecule has 7 nitrogen and oxygen atoms in total. The third-order valence-electron chi connectivity index (χ3n) is 3.89. The van der Waals surface area contributed by atoms with Gasteiger partial charge in [-0.2, -0.15) is 0 Å². The first-order valence-corrected chi connectivity index (χ1v) is 8.15. The Morgan fingerprint density at radius 2 is 1.93 bits per heavy atom. The Morgan fingerprint density at radius 3 is 2.67 bits per heavy atom. The SMILES string of the molecule is Cc1ncc(Oc2cc(C(=O)Cc3ccc(F)cn3)c3nccn3c2)cn1. The highest BCUT2D eigenvalue weighted by Crippen LogP contribution is 2.24. The fraction of sp³-hybridized carbons (Fsp3) is 0.105. The number of fused-ring (bicyclic) bond motifs is 1. The lowest BCUT2D eigenvalue weighted by Gasteiger charge is -2.09. The van der Waals surface area contributed by atoms with E-state index in [1.54, 1.807) is 48.4 Å². The van der Waals surface area contributed by atoms with Crippen molar-refractivity contribution in [3.8, 4) is 11.5 Å². The van der Waals surface area contributed by atoms with Crippen LogP contribution in [-0.4, -0.2) is 30.1 Å². The predicted octanol–water partition coefficient (Wildman–Crippen LogP) is 3.18. The minimum absolute atomic E-state index is 0.0277. The fourth-order valence-electron chi connectivity index (χ4n) is 2.61. The maximum absolute atomic E-state index is 13.0. The van der Waals surface area contributed by atoms with E-state index in [4.69, 9.17) is 4.74 Å². The first kappa shape index (κ1) is 16.8. The summed E-state index contributed by atoms with van der Waals surface area (Å²) in [5.74, 6) is 0.894. The van der Waals surface area contributed by atoms with Crippen molar-refractivity contribution in [2.45, 2.75) is 13.3 Å². The molecule has 4 heterocycles. The number of aromatic nitrogens is 5. The van der Waals surface area contributed by atoms with Gasteiger partial charge in [0, 0.05) is 18.1 Å². The van der Waals surface area contributed by atoms with Crippen LogP contribution in [0, 0.1) is 12.7 Å². The van der Waals surface area contributed by atoms with Gasteiger partial charge in [-0.05, 0) is 25.1 Å². The van der Waals surface area contributed by atoms with Gasteiger partial charge in [-0.25, -0.2) is 19.3 Å². The maximum atomic E-state index is 13.0. The van der Waals surface area contributed by atoms with E-state index in [1.165, 1.54) is 12.1 Å². The van der Waals surface area contributed by atoms with Crippen molar-refractivity contribution in [1.82, 2.24) is 24.3 Å². The van der Waals surface area contributed by atoms with Gasteiger partial charge < -0.3 is 9.14 Å². The van der Waals surface area contributed by atoms with Crippen LogP contribution in [-0.2, 0) is 6.42 Å². The molecule has 8 heteroatoms. The molecule has 0 aliphatic rings. The lowest BCUT2D eigenvalue weighted by Crippen LogP contribution is -2.08. The van der Waals surface area contributed by atoms with Crippen molar-refractivity contribution in [2.24, 2.45) is 0 Å². The van der Waals surface area contributed by atoms with Gasteiger partial charge in [0.1, 0.15) is 23.0 Å². The van der Waals surface area contributed by atoms with Crippen molar-refractivity contribution in [2.75, 3.05) is 0 Å². The first-order chi connectivity index (χ1) is 13.1. The standard InChI is InChI=1S/C19H14FN5O2/c1-12-22-9-16(10-23-12)27-15-7-17(19-21-4-5-25(19)11-15)18(26)6-14-3-2-13(20)8-24-14/h2-5,7-11H,6H2,1H3. The van der Waals surface area contributed by atoms with Crippen LogP contribution in [0.3, 0.4) is 0 Å². The molecule has 0 N–H and O–H groups in total. The second kappa shape index (κ2) is 6.91. The number of rotatable bonds is 5. The number of nitrogens with zero attached hydrogens (tertiary/aromatic N) is 5. The summed E-state index contributed by atoms with van der Waals surface area (Å²) in [4.78, 5) is 29.1. The number of hydrogen-bond donors (Lipinski definition) is 0. The van der Waals surface area contributed by atoms with Crippen LogP contribution in [0.5, 0.6) is 11.5 Å². The monoisotopic (exact) mass is 363 g/mol. The Bertz CT molecular complexity index is 1110. The van der Waals surface area contributed by atoms with Crippen LogP contribution in [0.4, 0.5) is 4.39 Å². The first-order valence-electron chi connectivity index (χ1n) is 8.15. The average molecular weight is 363 g/mol. The number of Topliss-reactive ketones (excluding diaryl/α,β-unsaturated/α-hetero) is 1. The van der Waals surface area contributed by atoms with Crippen LogP contribution >= 0.6 is 0 Å². The normalized spacial score (nSPS) is 10.9.